The van der Waals surface area contributed by atoms with E-state index in [0.29, 0.717) is 40.1 Å². The molecule has 1 aliphatic carbocycles. The number of aryl methyl sites for hydroxylation is 2. The summed E-state index contributed by atoms with van der Waals surface area (Å²) in [4.78, 5) is 22.7. The van der Waals surface area contributed by atoms with Crippen molar-refractivity contribution in [2.45, 2.75) is 50.6 Å². The van der Waals surface area contributed by atoms with Crippen molar-refractivity contribution in [3.05, 3.63) is 56.5 Å². The topological polar surface area (TPSA) is 94.0 Å². The number of anilines is 1. The Hall–Kier alpha value is -2.45. The lowest BCUT2D eigenvalue weighted by atomic mass is 10.1. The Labute approximate surface area is 185 Å². The third-order valence-electron chi connectivity index (χ3n) is 6.27. The van der Waals surface area contributed by atoms with Gasteiger partial charge in [-0.25, -0.2) is 18.4 Å². The summed E-state index contributed by atoms with van der Waals surface area (Å²) in [6, 6.07) is 7.20. The number of halogens is 1. The van der Waals surface area contributed by atoms with E-state index in [0.717, 1.165) is 29.5 Å². The third-order valence-corrected chi connectivity index (χ3v) is 8.46. The first kappa shape index (κ1) is 20.5. The normalized spacial score (nSPS) is 18.2. The molecule has 5 rings (SSSR count). The van der Waals surface area contributed by atoms with E-state index in [9.17, 15) is 13.2 Å². The van der Waals surface area contributed by atoms with E-state index in [-0.39, 0.29) is 23.2 Å². The van der Waals surface area contributed by atoms with Crippen LogP contribution in [0.1, 0.15) is 42.5 Å². The van der Waals surface area contributed by atoms with E-state index in [1.807, 2.05) is 26.0 Å². The van der Waals surface area contributed by atoms with Crippen LogP contribution in [0.5, 0.6) is 0 Å². The highest BCUT2D eigenvalue weighted by atomic mass is 35.5. The van der Waals surface area contributed by atoms with Gasteiger partial charge in [0.1, 0.15) is 10.7 Å². The van der Waals surface area contributed by atoms with E-state index in [1.165, 1.54) is 0 Å². The second kappa shape index (κ2) is 7.31. The molecule has 162 valence electrons. The lowest BCUT2D eigenvalue weighted by Gasteiger charge is -2.19. The molecular formula is C22H23ClN4O3S. The molecule has 0 radical (unpaired) electrons. The van der Waals surface area contributed by atoms with Gasteiger partial charge in [0.2, 0.25) is 0 Å². The van der Waals surface area contributed by atoms with Crippen molar-refractivity contribution in [3.63, 3.8) is 0 Å². The number of benzene rings is 1. The number of pyridine rings is 1. The summed E-state index contributed by atoms with van der Waals surface area (Å²) in [6.07, 6.45) is 2.72. The molecule has 1 fully saturated rings. The summed E-state index contributed by atoms with van der Waals surface area (Å²) in [5.74, 6) is 0.873. The molecule has 2 aliphatic rings. The molecule has 1 saturated carbocycles. The maximum atomic E-state index is 13.3. The fourth-order valence-electron chi connectivity index (χ4n) is 4.27. The predicted molar refractivity (Wildman–Crippen MR) is 121 cm³/mol. The number of nitrogens with one attached hydrogen (secondary N) is 1. The van der Waals surface area contributed by atoms with Crippen molar-refractivity contribution in [2.75, 3.05) is 11.1 Å². The minimum atomic E-state index is -3.15. The Morgan fingerprint density at radius 1 is 1.26 bits per heavy atom. The summed E-state index contributed by atoms with van der Waals surface area (Å²) in [6.45, 7) is 4.28. The van der Waals surface area contributed by atoms with Crippen LogP contribution in [0.2, 0.25) is 5.15 Å². The average molecular weight is 459 g/mol. The molecule has 1 atom stereocenters. The van der Waals surface area contributed by atoms with Crippen LogP contribution >= 0.6 is 11.6 Å². The average Bonchev–Trinajstić information content (AvgIpc) is 3.53. The molecule has 2 aromatic heterocycles. The number of aromatic nitrogens is 3. The number of sulfone groups is 1. The van der Waals surface area contributed by atoms with E-state index in [1.54, 1.807) is 16.7 Å². The van der Waals surface area contributed by atoms with Gasteiger partial charge in [-0.2, -0.15) is 0 Å². The van der Waals surface area contributed by atoms with Gasteiger partial charge < -0.3 is 5.32 Å². The molecule has 3 heterocycles. The van der Waals surface area contributed by atoms with Gasteiger partial charge in [-0.3, -0.25) is 9.36 Å². The smallest absolute Gasteiger partial charge is 0.295 e. The van der Waals surface area contributed by atoms with Gasteiger partial charge in [-0.15, -0.1) is 0 Å². The summed E-state index contributed by atoms with van der Waals surface area (Å²) >= 11 is 6.25. The van der Waals surface area contributed by atoms with Crippen molar-refractivity contribution >= 4 is 38.4 Å². The van der Waals surface area contributed by atoms with Gasteiger partial charge in [-0.1, -0.05) is 23.7 Å². The monoisotopic (exact) mass is 458 g/mol. The molecule has 3 aromatic rings. The highest BCUT2D eigenvalue weighted by molar-refractivity contribution is 7.91. The summed E-state index contributed by atoms with van der Waals surface area (Å²) < 4.78 is 25.8. The number of rotatable bonds is 5. The Bertz CT molecular complexity index is 1380. The largest absolute Gasteiger partial charge is 0.361 e. The quantitative estimate of drug-likeness (QED) is 0.586. The third kappa shape index (κ3) is 3.61. The molecule has 1 aromatic carbocycles. The molecule has 1 unspecified atom stereocenters. The summed E-state index contributed by atoms with van der Waals surface area (Å²) in [5, 5.41) is 3.54. The van der Waals surface area contributed by atoms with E-state index in [2.05, 4.69) is 15.3 Å². The Morgan fingerprint density at radius 3 is 2.77 bits per heavy atom. The predicted octanol–water partition coefficient (Wildman–Crippen LogP) is 3.67. The van der Waals surface area contributed by atoms with Crippen molar-refractivity contribution in [3.8, 4) is 0 Å². The van der Waals surface area contributed by atoms with Crippen molar-refractivity contribution in [2.24, 2.45) is 5.92 Å². The zero-order chi connectivity index (χ0) is 21.9. The van der Waals surface area contributed by atoms with Gasteiger partial charge in [-0.05, 0) is 67.9 Å². The van der Waals surface area contributed by atoms with Crippen LogP contribution in [0.15, 0.2) is 34.0 Å². The maximum absolute atomic E-state index is 13.3. The van der Waals surface area contributed by atoms with Gasteiger partial charge in [0.05, 0.1) is 10.6 Å². The molecule has 7 nitrogen and oxygen atoms in total. The van der Waals surface area contributed by atoms with Crippen LogP contribution in [-0.4, -0.2) is 28.7 Å². The second-order valence-electron chi connectivity index (χ2n) is 8.52. The fraction of sp³-hybridized carbons (Fsp3) is 0.409. The van der Waals surface area contributed by atoms with Crippen molar-refractivity contribution in [1.29, 1.82) is 0 Å². The minimum Gasteiger partial charge on any atom is -0.361 e. The lowest BCUT2D eigenvalue weighted by molar-refractivity contribution is 0.483. The van der Waals surface area contributed by atoms with Crippen molar-refractivity contribution in [1.82, 2.24) is 14.5 Å². The van der Waals surface area contributed by atoms with E-state index >= 15 is 0 Å². The van der Waals surface area contributed by atoms with Crippen LogP contribution in [0, 0.1) is 12.8 Å². The Balaban J connectivity index is 1.52. The van der Waals surface area contributed by atoms with Crippen LogP contribution in [0.25, 0.3) is 11.2 Å². The fourth-order valence-corrected chi connectivity index (χ4v) is 5.95. The first-order valence-electron chi connectivity index (χ1n) is 10.4. The number of hydrogen-bond acceptors (Lipinski definition) is 6. The molecular weight excluding hydrogens is 436 g/mol. The molecule has 0 bridgehead atoms. The first-order chi connectivity index (χ1) is 14.7. The SMILES string of the molecule is Cc1cc2nc(NCc3ccc4c(c3)CCS4(=O)=O)c(=O)n(C(C)C3CC3)c2nc1Cl. The van der Waals surface area contributed by atoms with Gasteiger partial charge in [0.25, 0.3) is 5.56 Å². The standard InChI is InChI=1S/C22H23ClN4O3S/c1-12-9-17-21(26-19(12)23)27(13(2)15-4-5-15)22(28)20(25-17)24-11-14-3-6-18-16(10-14)7-8-31(18,29)30/h3,6,9-10,13,15H,4-5,7-8,11H2,1-2H3,(H,24,25). The molecule has 0 saturated heterocycles. The Morgan fingerprint density at radius 2 is 2.03 bits per heavy atom. The van der Waals surface area contributed by atoms with Gasteiger partial charge in [0, 0.05) is 12.6 Å². The van der Waals surface area contributed by atoms with Gasteiger partial charge in [0.15, 0.2) is 21.3 Å². The summed E-state index contributed by atoms with van der Waals surface area (Å²) in [5.41, 5.74) is 3.45. The van der Waals surface area contributed by atoms with Crippen LogP contribution < -0.4 is 10.9 Å². The molecule has 0 amide bonds. The maximum Gasteiger partial charge on any atom is 0.295 e. The van der Waals surface area contributed by atoms with E-state index < -0.39 is 9.84 Å². The number of hydrogen-bond donors (Lipinski definition) is 1. The Kier molecular flexibility index (Phi) is 4.82. The zero-order valence-corrected chi connectivity index (χ0v) is 18.9. The summed E-state index contributed by atoms with van der Waals surface area (Å²) in [7, 11) is -3.15. The number of fused-ring (bicyclic) bond motifs is 2. The second-order valence-corrected chi connectivity index (χ2v) is 11.0. The highest BCUT2D eigenvalue weighted by Gasteiger charge is 2.32. The molecule has 9 heteroatoms. The first-order valence-corrected chi connectivity index (χ1v) is 12.5. The van der Waals surface area contributed by atoms with Crippen LogP contribution in [0.3, 0.4) is 0 Å². The minimum absolute atomic E-state index is 0.00928. The molecule has 1 aliphatic heterocycles. The molecule has 0 spiro atoms. The van der Waals surface area contributed by atoms with Crippen LogP contribution in [0.4, 0.5) is 5.82 Å². The molecule has 31 heavy (non-hydrogen) atoms. The van der Waals surface area contributed by atoms with Gasteiger partial charge >= 0.3 is 0 Å². The highest BCUT2D eigenvalue weighted by Crippen LogP contribution is 2.40. The molecule has 1 N–H and O–H groups in total. The van der Waals surface area contributed by atoms with E-state index in [4.69, 9.17) is 11.6 Å². The lowest BCUT2D eigenvalue weighted by Crippen LogP contribution is -2.29. The zero-order valence-electron chi connectivity index (χ0n) is 17.4. The number of nitrogens with zero attached hydrogens (tertiary/aromatic N) is 3. The van der Waals surface area contributed by atoms with Crippen molar-refractivity contribution < 1.29 is 8.42 Å². The van der Waals surface area contributed by atoms with Crippen LogP contribution in [-0.2, 0) is 22.8 Å².